The molecule has 0 spiro atoms. The Hall–Kier alpha value is -1.07. The van der Waals surface area contributed by atoms with Crippen molar-refractivity contribution in [2.24, 2.45) is 0 Å². The van der Waals surface area contributed by atoms with E-state index >= 15 is 0 Å². The lowest BCUT2D eigenvalue weighted by molar-refractivity contribution is -0.157. The van der Waals surface area contributed by atoms with E-state index in [1.807, 2.05) is 0 Å². The smallest absolute Gasteiger partial charge is 0.231 e. The van der Waals surface area contributed by atoms with Crippen LogP contribution < -0.4 is 0 Å². The molecule has 2 aliphatic rings. The van der Waals surface area contributed by atoms with Gasteiger partial charge in [-0.25, -0.2) is 0 Å². The maximum absolute atomic E-state index is 11.2. The van der Waals surface area contributed by atoms with Crippen LogP contribution in [0.1, 0.15) is 6.42 Å². The van der Waals surface area contributed by atoms with Gasteiger partial charge in [-0.1, -0.05) is 0 Å². The maximum atomic E-state index is 11.2. The molecule has 0 saturated carbocycles. The van der Waals surface area contributed by atoms with Crippen molar-refractivity contribution in [2.75, 3.05) is 20.3 Å². The first-order chi connectivity index (χ1) is 6.77. The topological polar surface area (TPSA) is 59.0 Å². The minimum atomic E-state index is -0.309. The van der Waals surface area contributed by atoms with E-state index in [0.29, 0.717) is 18.8 Å². The highest BCUT2D eigenvalue weighted by Gasteiger charge is 2.50. The molecule has 0 aromatic rings. The van der Waals surface area contributed by atoms with Gasteiger partial charge in [-0.05, 0) is 6.08 Å². The van der Waals surface area contributed by atoms with Gasteiger partial charge in [-0.2, -0.15) is 0 Å². The summed E-state index contributed by atoms with van der Waals surface area (Å²) in [6.45, 7) is 0.332. The summed E-state index contributed by atoms with van der Waals surface area (Å²) in [5.74, 6) is 0.681. The van der Waals surface area contributed by atoms with Gasteiger partial charge in [-0.15, -0.1) is 0 Å². The molecule has 2 atom stereocenters. The van der Waals surface area contributed by atoms with E-state index < -0.39 is 0 Å². The molecular weight excluding hydrogens is 186 g/mol. The number of carbonyl (C=O) groups is 1. The lowest BCUT2D eigenvalue weighted by Crippen LogP contribution is -2.53. The molecule has 14 heavy (non-hydrogen) atoms. The minimum Gasteiger partial charge on any atom is -0.472 e. The van der Waals surface area contributed by atoms with Gasteiger partial charge in [-0.3, -0.25) is 9.69 Å². The zero-order chi connectivity index (χ0) is 10.1. The summed E-state index contributed by atoms with van der Waals surface area (Å²) in [4.78, 5) is 12.7. The lowest BCUT2D eigenvalue weighted by Gasteiger charge is -2.34. The lowest BCUT2D eigenvalue weighted by atomic mass is 10.1. The molecular formula is C9H13NO4. The van der Waals surface area contributed by atoms with Crippen LogP contribution in [0.4, 0.5) is 0 Å². The molecule has 2 rings (SSSR count). The standard InChI is InChI=1S/C9H13NO4/c1-13-3-2-7-6(5-11)10-8(12)4-9(10)14-7/h2,6,9,11H,3-5H2,1H3/b7-2-/t6-,9+/m0/s1. The largest absolute Gasteiger partial charge is 0.472 e. The second-order valence-electron chi connectivity index (χ2n) is 3.34. The van der Waals surface area contributed by atoms with Crippen molar-refractivity contribution in [1.82, 2.24) is 4.90 Å². The van der Waals surface area contributed by atoms with Gasteiger partial charge < -0.3 is 14.6 Å². The van der Waals surface area contributed by atoms with E-state index in [2.05, 4.69) is 0 Å². The van der Waals surface area contributed by atoms with Crippen molar-refractivity contribution >= 4 is 5.91 Å². The highest BCUT2D eigenvalue weighted by molar-refractivity contribution is 5.84. The van der Waals surface area contributed by atoms with Crippen molar-refractivity contribution in [3.05, 3.63) is 11.8 Å². The third-order valence-electron chi connectivity index (χ3n) is 2.51. The first-order valence-corrected chi connectivity index (χ1v) is 4.55. The molecule has 0 bridgehead atoms. The van der Waals surface area contributed by atoms with E-state index in [0.717, 1.165) is 0 Å². The van der Waals surface area contributed by atoms with Gasteiger partial charge in [0.05, 0.1) is 19.6 Å². The molecule has 0 unspecified atom stereocenters. The number of aliphatic hydroxyl groups is 1. The Morgan fingerprint density at radius 1 is 1.79 bits per heavy atom. The number of rotatable bonds is 3. The Labute approximate surface area is 81.9 Å². The monoisotopic (exact) mass is 199 g/mol. The number of carbonyl (C=O) groups excluding carboxylic acids is 1. The number of amides is 1. The zero-order valence-electron chi connectivity index (χ0n) is 7.97. The van der Waals surface area contributed by atoms with Gasteiger partial charge in [0, 0.05) is 7.11 Å². The van der Waals surface area contributed by atoms with Crippen molar-refractivity contribution < 1.29 is 19.4 Å². The molecule has 0 aliphatic carbocycles. The van der Waals surface area contributed by atoms with Gasteiger partial charge >= 0.3 is 0 Å². The molecule has 5 heteroatoms. The SMILES string of the molecule is COC/C=C1\O[C@@H]2CC(=O)N2[C@H]1CO. The highest BCUT2D eigenvalue weighted by atomic mass is 16.5. The van der Waals surface area contributed by atoms with Crippen molar-refractivity contribution in [3.8, 4) is 0 Å². The van der Waals surface area contributed by atoms with Gasteiger partial charge in [0.2, 0.25) is 5.91 Å². The van der Waals surface area contributed by atoms with E-state index in [9.17, 15) is 4.79 Å². The van der Waals surface area contributed by atoms with Crippen LogP contribution in [-0.4, -0.2) is 48.5 Å². The zero-order valence-corrected chi connectivity index (χ0v) is 7.97. The van der Waals surface area contributed by atoms with E-state index in [4.69, 9.17) is 14.6 Å². The van der Waals surface area contributed by atoms with E-state index in [1.54, 1.807) is 18.1 Å². The van der Waals surface area contributed by atoms with Crippen molar-refractivity contribution in [1.29, 1.82) is 0 Å². The van der Waals surface area contributed by atoms with Crippen molar-refractivity contribution in [2.45, 2.75) is 18.7 Å². The molecule has 0 aromatic heterocycles. The number of hydrogen-bond donors (Lipinski definition) is 1. The van der Waals surface area contributed by atoms with Crippen LogP contribution >= 0.6 is 0 Å². The summed E-state index contributed by atoms with van der Waals surface area (Å²) in [7, 11) is 1.58. The van der Waals surface area contributed by atoms with Gasteiger partial charge in [0.15, 0.2) is 6.23 Å². The first-order valence-electron chi connectivity index (χ1n) is 4.55. The number of nitrogens with zero attached hydrogens (tertiary/aromatic N) is 1. The fourth-order valence-corrected chi connectivity index (χ4v) is 1.77. The summed E-state index contributed by atoms with van der Waals surface area (Å²) in [5.41, 5.74) is 0. The Balaban J connectivity index is 2.09. The van der Waals surface area contributed by atoms with Crippen LogP contribution in [0.5, 0.6) is 0 Å². The molecule has 0 radical (unpaired) electrons. The number of aliphatic hydroxyl groups excluding tert-OH is 1. The Kier molecular flexibility index (Phi) is 2.43. The second-order valence-corrected chi connectivity index (χ2v) is 3.34. The average molecular weight is 199 g/mol. The molecule has 78 valence electrons. The number of methoxy groups -OCH3 is 1. The van der Waals surface area contributed by atoms with Crippen LogP contribution in [0.25, 0.3) is 0 Å². The molecule has 1 N–H and O–H groups in total. The quantitative estimate of drug-likeness (QED) is 0.620. The summed E-state index contributed by atoms with van der Waals surface area (Å²) >= 11 is 0. The molecule has 0 aromatic carbocycles. The third-order valence-corrected chi connectivity index (χ3v) is 2.51. The molecule has 2 fully saturated rings. The summed E-state index contributed by atoms with van der Waals surface area (Å²) < 4.78 is 10.3. The number of β-lactam (4-membered cyclic amide) rings is 1. The van der Waals surface area contributed by atoms with Gasteiger partial charge in [0.1, 0.15) is 11.8 Å². The maximum Gasteiger partial charge on any atom is 0.231 e. The molecule has 2 heterocycles. The summed E-state index contributed by atoms with van der Waals surface area (Å²) in [6, 6.07) is -0.309. The van der Waals surface area contributed by atoms with Crippen LogP contribution in [0.15, 0.2) is 11.8 Å². The Morgan fingerprint density at radius 2 is 2.57 bits per heavy atom. The second kappa shape index (κ2) is 3.59. The number of ether oxygens (including phenoxy) is 2. The summed E-state index contributed by atoms with van der Waals surface area (Å²) in [6.07, 6.45) is 2.01. The Bertz CT molecular complexity index is 276. The molecule has 1 amide bonds. The first kappa shape index (κ1) is 9.48. The van der Waals surface area contributed by atoms with Crippen LogP contribution in [0.3, 0.4) is 0 Å². The van der Waals surface area contributed by atoms with E-state index in [1.165, 1.54) is 0 Å². The fraction of sp³-hybridized carbons (Fsp3) is 0.667. The molecule has 2 aliphatic heterocycles. The highest BCUT2D eigenvalue weighted by Crippen LogP contribution is 2.35. The van der Waals surface area contributed by atoms with Crippen LogP contribution in [-0.2, 0) is 14.3 Å². The van der Waals surface area contributed by atoms with E-state index in [-0.39, 0.29) is 24.8 Å². The van der Waals surface area contributed by atoms with Crippen molar-refractivity contribution in [3.63, 3.8) is 0 Å². The number of fused-ring (bicyclic) bond motifs is 1. The van der Waals surface area contributed by atoms with Crippen LogP contribution in [0.2, 0.25) is 0 Å². The number of hydrogen-bond acceptors (Lipinski definition) is 4. The summed E-state index contributed by atoms with van der Waals surface area (Å²) in [5, 5.41) is 9.12. The van der Waals surface area contributed by atoms with Gasteiger partial charge in [0.25, 0.3) is 0 Å². The van der Waals surface area contributed by atoms with Crippen LogP contribution in [0, 0.1) is 0 Å². The predicted octanol–water partition coefficient (Wildman–Crippen LogP) is -0.534. The average Bonchev–Trinajstić information content (AvgIpc) is 2.46. The predicted molar refractivity (Wildman–Crippen MR) is 47.2 cm³/mol. The minimum absolute atomic E-state index is 0.0369. The fourth-order valence-electron chi connectivity index (χ4n) is 1.77. The third kappa shape index (κ3) is 1.29. The Morgan fingerprint density at radius 3 is 3.14 bits per heavy atom. The molecule has 2 saturated heterocycles. The normalized spacial score (nSPS) is 32.9. The molecule has 5 nitrogen and oxygen atoms in total.